The summed E-state index contributed by atoms with van der Waals surface area (Å²) in [5.74, 6) is -7.81. The second kappa shape index (κ2) is 9.91. The number of benzene rings is 3. The highest BCUT2D eigenvalue weighted by Crippen LogP contribution is 2.42. The van der Waals surface area contributed by atoms with E-state index in [0.717, 1.165) is 50.3 Å². The fraction of sp³-hybridized carbons (Fsp3) is 0.333. The van der Waals surface area contributed by atoms with Gasteiger partial charge in [-0.15, -0.1) is 0 Å². The lowest BCUT2D eigenvalue weighted by molar-refractivity contribution is -0.189. The fourth-order valence-corrected chi connectivity index (χ4v) is 4.70. The van der Waals surface area contributed by atoms with E-state index < -0.39 is 46.5 Å². The van der Waals surface area contributed by atoms with Crippen LogP contribution in [0, 0.1) is 35.0 Å². The van der Waals surface area contributed by atoms with Gasteiger partial charge in [-0.25, -0.2) is 22.0 Å². The first-order chi connectivity index (χ1) is 16.6. The van der Waals surface area contributed by atoms with Gasteiger partial charge in [0.05, 0.1) is 0 Å². The number of para-hydroxylation sites is 1. The Morgan fingerprint density at radius 1 is 0.800 bits per heavy atom. The summed E-state index contributed by atoms with van der Waals surface area (Å²) in [4.78, 5) is 0. The first-order valence-corrected chi connectivity index (χ1v) is 11.4. The molecule has 4 rings (SSSR count). The molecule has 1 aliphatic rings. The van der Waals surface area contributed by atoms with Gasteiger partial charge in [-0.1, -0.05) is 31.5 Å². The smallest absolute Gasteiger partial charge is 0.428 e. The monoisotopic (exact) mass is 496 g/mol. The molecule has 0 unspecified atom stereocenters. The van der Waals surface area contributed by atoms with Gasteiger partial charge in [0.15, 0.2) is 17.5 Å². The maximum atomic E-state index is 15.0. The Bertz CT molecular complexity index is 1170. The summed E-state index contributed by atoms with van der Waals surface area (Å²) in [6.07, 6.45) is -0.153. The van der Waals surface area contributed by atoms with Crippen molar-refractivity contribution in [3.05, 3.63) is 88.7 Å². The minimum Gasteiger partial charge on any atom is -0.428 e. The Morgan fingerprint density at radius 3 is 1.94 bits per heavy atom. The van der Waals surface area contributed by atoms with Gasteiger partial charge in [-0.05, 0) is 79.0 Å². The van der Waals surface area contributed by atoms with E-state index in [1.807, 2.05) is 0 Å². The number of ether oxygens (including phenoxy) is 1. The van der Waals surface area contributed by atoms with E-state index in [1.54, 1.807) is 0 Å². The van der Waals surface area contributed by atoms with Crippen molar-refractivity contribution in [1.82, 2.24) is 0 Å². The Balaban J connectivity index is 1.64. The second-order valence-corrected chi connectivity index (χ2v) is 8.85. The first-order valence-electron chi connectivity index (χ1n) is 11.4. The van der Waals surface area contributed by atoms with Crippen molar-refractivity contribution in [3.8, 4) is 16.9 Å². The average Bonchev–Trinajstić information content (AvgIpc) is 2.81. The lowest BCUT2D eigenvalue weighted by Gasteiger charge is -2.28. The molecule has 0 amide bonds. The molecule has 0 heterocycles. The topological polar surface area (TPSA) is 9.23 Å². The summed E-state index contributed by atoms with van der Waals surface area (Å²) in [6, 6.07) is 8.01. The lowest BCUT2D eigenvalue weighted by atomic mass is 9.77. The molecule has 8 heteroatoms. The van der Waals surface area contributed by atoms with Crippen LogP contribution in [-0.2, 0) is 6.11 Å². The highest BCUT2D eigenvalue weighted by atomic mass is 19.3. The SMILES string of the molecule is CCC1CCC(c2cc(F)c(C(F)(F)Oc3ccccc3-c3cc(F)c(F)c(F)c3)c(F)c2)CC1. The quantitative estimate of drug-likeness (QED) is 0.245. The molecular formula is C27H23F7O. The number of alkyl halides is 2. The van der Waals surface area contributed by atoms with Crippen molar-refractivity contribution in [2.24, 2.45) is 5.92 Å². The van der Waals surface area contributed by atoms with Gasteiger partial charge in [-0.2, -0.15) is 8.78 Å². The van der Waals surface area contributed by atoms with Gasteiger partial charge in [0.25, 0.3) is 0 Å². The van der Waals surface area contributed by atoms with Crippen molar-refractivity contribution in [2.75, 3.05) is 0 Å². The summed E-state index contributed by atoms with van der Waals surface area (Å²) in [6.45, 7) is 2.09. The Morgan fingerprint density at radius 2 is 1.37 bits per heavy atom. The molecule has 0 spiro atoms. The van der Waals surface area contributed by atoms with Gasteiger partial charge in [-0.3, -0.25) is 0 Å². The van der Waals surface area contributed by atoms with Gasteiger partial charge in [0.2, 0.25) is 0 Å². The predicted molar refractivity (Wildman–Crippen MR) is 118 cm³/mol. The van der Waals surface area contributed by atoms with E-state index in [0.29, 0.717) is 23.6 Å². The number of rotatable bonds is 6. The van der Waals surface area contributed by atoms with Crippen LogP contribution in [0.3, 0.4) is 0 Å². The molecule has 35 heavy (non-hydrogen) atoms. The Kier molecular flexibility index (Phi) is 7.10. The molecular weight excluding hydrogens is 473 g/mol. The van der Waals surface area contributed by atoms with Crippen LogP contribution >= 0.6 is 0 Å². The fourth-order valence-electron chi connectivity index (χ4n) is 4.70. The van der Waals surface area contributed by atoms with Crippen LogP contribution < -0.4 is 4.74 Å². The molecule has 0 atom stereocenters. The molecule has 0 N–H and O–H groups in total. The lowest BCUT2D eigenvalue weighted by Crippen LogP contribution is -2.26. The van der Waals surface area contributed by atoms with Crippen LogP contribution in [0.4, 0.5) is 30.7 Å². The Hall–Kier alpha value is -3.03. The maximum absolute atomic E-state index is 15.0. The van der Waals surface area contributed by atoms with Gasteiger partial charge in [0.1, 0.15) is 22.9 Å². The van der Waals surface area contributed by atoms with Crippen LogP contribution in [0.5, 0.6) is 5.75 Å². The molecule has 1 aliphatic carbocycles. The third kappa shape index (κ3) is 5.16. The minimum absolute atomic E-state index is 0.116. The third-order valence-electron chi connectivity index (χ3n) is 6.67. The standard InChI is InChI=1S/C27H23F7O/c1-2-15-7-9-16(10-8-15)17-11-20(28)25(21(29)12-17)27(33,34)35-24-6-4-3-5-19(24)18-13-22(30)26(32)23(31)14-18/h3-6,11-16H,2,7-10H2,1H3. The molecule has 0 aliphatic heterocycles. The zero-order valence-electron chi connectivity index (χ0n) is 18.9. The summed E-state index contributed by atoms with van der Waals surface area (Å²) in [5.41, 5.74) is -1.73. The summed E-state index contributed by atoms with van der Waals surface area (Å²) >= 11 is 0. The van der Waals surface area contributed by atoms with Gasteiger partial charge < -0.3 is 4.74 Å². The van der Waals surface area contributed by atoms with Crippen molar-refractivity contribution < 1.29 is 35.5 Å². The van der Waals surface area contributed by atoms with Crippen LogP contribution in [0.1, 0.15) is 56.1 Å². The van der Waals surface area contributed by atoms with Crippen LogP contribution in [0.25, 0.3) is 11.1 Å². The van der Waals surface area contributed by atoms with Crippen molar-refractivity contribution in [3.63, 3.8) is 0 Å². The summed E-state index contributed by atoms with van der Waals surface area (Å²) < 4.78 is 105. The summed E-state index contributed by atoms with van der Waals surface area (Å²) in [5, 5.41) is 0. The molecule has 0 aromatic heterocycles. The number of hydrogen-bond donors (Lipinski definition) is 0. The largest absolute Gasteiger partial charge is 0.432 e. The van der Waals surface area contributed by atoms with Crippen LogP contribution in [0.15, 0.2) is 48.5 Å². The van der Waals surface area contributed by atoms with E-state index in [1.165, 1.54) is 18.2 Å². The maximum Gasteiger partial charge on any atom is 0.432 e. The molecule has 3 aromatic carbocycles. The molecule has 1 nitrogen and oxygen atoms in total. The highest BCUT2D eigenvalue weighted by molar-refractivity contribution is 5.70. The third-order valence-corrected chi connectivity index (χ3v) is 6.67. The molecule has 0 saturated heterocycles. The van der Waals surface area contributed by atoms with Crippen LogP contribution in [0.2, 0.25) is 0 Å². The van der Waals surface area contributed by atoms with E-state index in [2.05, 4.69) is 6.92 Å². The van der Waals surface area contributed by atoms with E-state index in [-0.39, 0.29) is 17.0 Å². The van der Waals surface area contributed by atoms with Crippen molar-refractivity contribution >= 4 is 0 Å². The molecule has 0 bridgehead atoms. The zero-order chi connectivity index (χ0) is 25.3. The second-order valence-electron chi connectivity index (χ2n) is 8.85. The van der Waals surface area contributed by atoms with E-state index in [9.17, 15) is 22.0 Å². The normalized spacial score (nSPS) is 18.5. The summed E-state index contributed by atoms with van der Waals surface area (Å²) in [7, 11) is 0. The van der Waals surface area contributed by atoms with E-state index in [4.69, 9.17) is 4.74 Å². The van der Waals surface area contributed by atoms with Gasteiger partial charge >= 0.3 is 6.11 Å². The van der Waals surface area contributed by atoms with Crippen molar-refractivity contribution in [2.45, 2.75) is 51.1 Å². The zero-order valence-corrected chi connectivity index (χ0v) is 18.9. The predicted octanol–water partition coefficient (Wildman–Crippen LogP) is 8.86. The average molecular weight is 496 g/mol. The number of hydrogen-bond acceptors (Lipinski definition) is 1. The molecule has 1 fully saturated rings. The minimum atomic E-state index is -4.44. The first kappa shape index (κ1) is 25.1. The molecule has 0 radical (unpaired) electrons. The molecule has 186 valence electrons. The highest BCUT2D eigenvalue weighted by Gasteiger charge is 2.42. The molecule has 3 aromatic rings. The number of halogens is 7. The van der Waals surface area contributed by atoms with Crippen LogP contribution in [-0.4, -0.2) is 0 Å². The Labute approximate surface area is 198 Å². The van der Waals surface area contributed by atoms with E-state index >= 15 is 8.78 Å². The van der Waals surface area contributed by atoms with Gasteiger partial charge in [0, 0.05) is 5.56 Å². The molecule has 1 saturated carbocycles. The van der Waals surface area contributed by atoms with Crippen molar-refractivity contribution in [1.29, 1.82) is 0 Å².